The molecular weight excluding hydrogens is 263 g/mol. The van der Waals surface area contributed by atoms with Crippen molar-refractivity contribution in [3.8, 4) is 0 Å². The van der Waals surface area contributed by atoms with Gasteiger partial charge < -0.3 is 9.84 Å². The van der Waals surface area contributed by atoms with Crippen LogP contribution in [0, 0.1) is 5.92 Å². The van der Waals surface area contributed by atoms with E-state index >= 15 is 0 Å². The van der Waals surface area contributed by atoms with Gasteiger partial charge in [0.05, 0.1) is 19.1 Å². The minimum Gasteiger partial charge on any atom is -0.468 e. The summed E-state index contributed by atoms with van der Waals surface area (Å²) in [5, 5.41) is 12.3. The largest absolute Gasteiger partial charge is 0.468 e. The molecule has 0 amide bonds. The van der Waals surface area contributed by atoms with Crippen LogP contribution in [0.1, 0.15) is 32.6 Å². The Hall–Kier alpha value is -0.820. The minimum absolute atomic E-state index is 0.0658. The molecule has 0 aliphatic heterocycles. The summed E-state index contributed by atoms with van der Waals surface area (Å²) in [6.07, 6.45) is -4.14. The van der Waals surface area contributed by atoms with E-state index in [9.17, 15) is 23.1 Å². The van der Waals surface area contributed by atoms with Gasteiger partial charge in [0.1, 0.15) is 6.04 Å². The van der Waals surface area contributed by atoms with E-state index in [1.54, 1.807) is 0 Å². The highest BCUT2D eigenvalue weighted by atomic mass is 19.4. The average Bonchev–Trinajstić information content (AvgIpc) is 2.34. The third-order valence-electron chi connectivity index (χ3n) is 3.49. The predicted octanol–water partition coefficient (Wildman–Crippen LogP) is 1.62. The number of halogens is 3. The highest BCUT2D eigenvalue weighted by Gasteiger charge is 2.43. The second-order valence-electron chi connectivity index (χ2n) is 5.01. The SMILES string of the molecule is COC(=O)[C@H](N[C@@H]1CCC[C@H](C(F)(F)F)C1)[C@H](C)O. The van der Waals surface area contributed by atoms with Crippen molar-refractivity contribution in [3.63, 3.8) is 0 Å². The summed E-state index contributed by atoms with van der Waals surface area (Å²) in [5.74, 6) is -2.00. The number of rotatable bonds is 4. The summed E-state index contributed by atoms with van der Waals surface area (Å²) in [6.45, 7) is 1.40. The Morgan fingerprint density at radius 1 is 1.42 bits per heavy atom. The van der Waals surface area contributed by atoms with Gasteiger partial charge in [-0.15, -0.1) is 0 Å². The lowest BCUT2D eigenvalue weighted by molar-refractivity contribution is -0.184. The zero-order valence-corrected chi connectivity index (χ0v) is 11.0. The number of aliphatic hydroxyl groups excluding tert-OH is 1. The van der Waals surface area contributed by atoms with Crippen molar-refractivity contribution in [2.45, 2.75) is 57.0 Å². The van der Waals surface area contributed by atoms with Crippen LogP contribution in [0.3, 0.4) is 0 Å². The molecule has 1 aliphatic carbocycles. The molecule has 0 heterocycles. The van der Waals surface area contributed by atoms with Crippen LogP contribution < -0.4 is 5.32 Å². The molecule has 0 aromatic rings. The number of hydrogen-bond donors (Lipinski definition) is 2. The Balaban J connectivity index is 2.62. The topological polar surface area (TPSA) is 58.6 Å². The summed E-state index contributed by atoms with van der Waals surface area (Å²) >= 11 is 0. The van der Waals surface area contributed by atoms with Gasteiger partial charge in [-0.05, 0) is 26.2 Å². The maximum atomic E-state index is 12.7. The number of carbonyl (C=O) groups is 1. The maximum absolute atomic E-state index is 12.7. The Bertz CT molecular complexity index is 307. The van der Waals surface area contributed by atoms with Crippen LogP contribution in [0.4, 0.5) is 13.2 Å². The standard InChI is InChI=1S/C12H20F3NO3/c1-7(17)10(11(18)19-2)16-9-5-3-4-8(6-9)12(13,14)15/h7-10,16-17H,3-6H2,1-2H3/t7-,8-,9+,10+/m0/s1. The number of alkyl halides is 3. The van der Waals surface area contributed by atoms with E-state index in [1.165, 1.54) is 14.0 Å². The quantitative estimate of drug-likeness (QED) is 0.770. The molecular formula is C12H20F3NO3. The molecule has 0 unspecified atom stereocenters. The first-order chi connectivity index (χ1) is 8.75. The molecule has 1 fully saturated rings. The Morgan fingerprint density at radius 3 is 2.53 bits per heavy atom. The maximum Gasteiger partial charge on any atom is 0.391 e. The zero-order valence-electron chi connectivity index (χ0n) is 11.0. The second-order valence-corrected chi connectivity index (χ2v) is 5.01. The van der Waals surface area contributed by atoms with Gasteiger partial charge in [0.15, 0.2) is 0 Å². The van der Waals surface area contributed by atoms with E-state index in [4.69, 9.17) is 0 Å². The van der Waals surface area contributed by atoms with Gasteiger partial charge in [-0.3, -0.25) is 10.1 Å². The normalized spacial score (nSPS) is 27.7. The van der Waals surface area contributed by atoms with Crippen molar-refractivity contribution in [2.75, 3.05) is 7.11 Å². The van der Waals surface area contributed by atoms with Gasteiger partial charge >= 0.3 is 12.1 Å². The number of aliphatic hydroxyl groups is 1. The van der Waals surface area contributed by atoms with E-state index in [1.807, 2.05) is 0 Å². The van der Waals surface area contributed by atoms with Crippen molar-refractivity contribution in [3.05, 3.63) is 0 Å². The van der Waals surface area contributed by atoms with Gasteiger partial charge in [-0.25, -0.2) is 0 Å². The molecule has 1 aliphatic rings. The molecule has 0 aromatic heterocycles. The zero-order chi connectivity index (χ0) is 14.6. The summed E-state index contributed by atoms with van der Waals surface area (Å²) < 4.78 is 42.5. The fourth-order valence-electron chi connectivity index (χ4n) is 2.42. The molecule has 0 spiro atoms. The first-order valence-corrected chi connectivity index (χ1v) is 6.34. The van der Waals surface area contributed by atoms with E-state index in [2.05, 4.69) is 10.1 Å². The lowest BCUT2D eigenvalue weighted by atomic mass is 9.85. The number of ether oxygens (including phenoxy) is 1. The molecule has 19 heavy (non-hydrogen) atoms. The minimum atomic E-state index is -4.20. The Morgan fingerprint density at radius 2 is 2.05 bits per heavy atom. The first-order valence-electron chi connectivity index (χ1n) is 6.34. The summed E-state index contributed by atoms with van der Waals surface area (Å²) in [7, 11) is 1.18. The lowest BCUT2D eigenvalue weighted by Gasteiger charge is -2.33. The molecule has 0 bridgehead atoms. The molecule has 4 nitrogen and oxygen atoms in total. The molecule has 4 atom stereocenters. The third kappa shape index (κ3) is 4.65. The molecule has 0 radical (unpaired) electrons. The van der Waals surface area contributed by atoms with Crippen molar-refractivity contribution >= 4 is 5.97 Å². The fraction of sp³-hybridized carbons (Fsp3) is 0.917. The smallest absolute Gasteiger partial charge is 0.391 e. The number of methoxy groups -OCH3 is 1. The van der Waals surface area contributed by atoms with Crippen molar-refractivity contribution < 1.29 is 27.8 Å². The number of nitrogens with one attached hydrogen (secondary N) is 1. The van der Waals surface area contributed by atoms with Crippen LogP contribution in [0.5, 0.6) is 0 Å². The van der Waals surface area contributed by atoms with Crippen LogP contribution in [0.15, 0.2) is 0 Å². The van der Waals surface area contributed by atoms with E-state index in [0.717, 1.165) is 0 Å². The van der Waals surface area contributed by atoms with Gasteiger partial charge in [0.2, 0.25) is 0 Å². The van der Waals surface area contributed by atoms with Crippen LogP contribution in [-0.4, -0.2) is 42.5 Å². The molecule has 1 rings (SSSR count). The van der Waals surface area contributed by atoms with Crippen LogP contribution in [-0.2, 0) is 9.53 Å². The molecule has 7 heteroatoms. The highest BCUT2D eigenvalue weighted by Crippen LogP contribution is 2.37. The Kier molecular flexibility index (Phi) is 5.61. The Labute approximate surface area is 110 Å². The predicted molar refractivity (Wildman–Crippen MR) is 62.4 cm³/mol. The van der Waals surface area contributed by atoms with Crippen LogP contribution in [0.25, 0.3) is 0 Å². The monoisotopic (exact) mass is 283 g/mol. The van der Waals surface area contributed by atoms with E-state index in [-0.39, 0.29) is 12.8 Å². The molecule has 2 N–H and O–H groups in total. The van der Waals surface area contributed by atoms with Gasteiger partial charge in [0.25, 0.3) is 0 Å². The van der Waals surface area contributed by atoms with Gasteiger partial charge in [-0.1, -0.05) is 6.42 Å². The average molecular weight is 283 g/mol. The second kappa shape index (κ2) is 6.56. The van der Waals surface area contributed by atoms with Crippen LogP contribution in [0.2, 0.25) is 0 Å². The lowest BCUT2D eigenvalue weighted by Crippen LogP contribution is -2.51. The summed E-state index contributed by atoms with van der Waals surface area (Å²) in [5.41, 5.74) is 0. The van der Waals surface area contributed by atoms with Crippen molar-refractivity contribution in [2.24, 2.45) is 5.92 Å². The van der Waals surface area contributed by atoms with Gasteiger partial charge in [0, 0.05) is 6.04 Å². The fourth-order valence-corrected chi connectivity index (χ4v) is 2.42. The summed E-state index contributed by atoms with van der Waals surface area (Å²) in [6, 6.07) is -1.42. The number of hydrogen-bond acceptors (Lipinski definition) is 4. The first kappa shape index (κ1) is 16.2. The van der Waals surface area contributed by atoms with E-state index in [0.29, 0.717) is 12.8 Å². The van der Waals surface area contributed by atoms with E-state index < -0.39 is 36.3 Å². The van der Waals surface area contributed by atoms with Crippen molar-refractivity contribution in [1.82, 2.24) is 5.32 Å². The number of carbonyl (C=O) groups excluding carboxylic acids is 1. The van der Waals surface area contributed by atoms with Gasteiger partial charge in [-0.2, -0.15) is 13.2 Å². The highest BCUT2D eigenvalue weighted by molar-refractivity contribution is 5.76. The molecule has 0 saturated heterocycles. The van der Waals surface area contributed by atoms with Crippen molar-refractivity contribution in [1.29, 1.82) is 0 Å². The molecule has 112 valence electrons. The molecule has 0 aromatic carbocycles. The summed E-state index contributed by atoms with van der Waals surface area (Å²) in [4.78, 5) is 11.4. The number of esters is 1. The third-order valence-corrected chi connectivity index (χ3v) is 3.49. The molecule has 1 saturated carbocycles. The van der Waals surface area contributed by atoms with Crippen LogP contribution >= 0.6 is 0 Å².